The number of nitrogens with zero attached hydrogens (tertiary/aromatic N) is 3. The van der Waals surface area contributed by atoms with Crippen molar-refractivity contribution < 1.29 is 148 Å². The molecule has 0 fully saturated rings. The Morgan fingerprint density at radius 1 is 0.754 bits per heavy atom. The van der Waals surface area contributed by atoms with Crippen molar-refractivity contribution in [1.82, 2.24) is 20.0 Å². The molecular formula is C37H35Br3K2N6O9. The Balaban J connectivity index is 0.000000872. The number of rotatable bonds is 10. The molecule has 0 bridgehead atoms. The Bertz CT molecular complexity index is 2200. The standard InChI is InChI=1S/C18H16BrN3O3.C14H10BrN3O.C4H7BrO2.CH2O3.2K.H/c1-25-16(23)10-11-22-15-5-3-2-4-14(15)17(21-22)18(24)20-13-8-6-12(19)7-9-13;15-9-5-7-10(8-6-9)16-14(19)13-11-3-1-2-4-12(11)17-18-13;1-7-4(6)2-3-5;2-1-4-3;;;/h2-9H,10-11H2,1H3,(H,20,24);1-8H,(H,16,19)(H,17,18);2-3H2,1H3;1,3H;;;/q;;;;2*+1;-1/p-1. The number of benzene rings is 4. The van der Waals surface area contributed by atoms with E-state index in [4.69, 9.17) is 10.1 Å². The number of amides is 2. The van der Waals surface area contributed by atoms with E-state index in [0.29, 0.717) is 35.4 Å². The zero-order valence-corrected chi connectivity index (χ0v) is 42.3. The van der Waals surface area contributed by atoms with Gasteiger partial charge in [-0.25, -0.2) is 0 Å². The molecule has 15 nitrogen and oxygen atoms in total. The molecule has 0 aliphatic carbocycles. The molecule has 2 heterocycles. The van der Waals surface area contributed by atoms with E-state index in [1.807, 2.05) is 84.9 Å². The number of nitrogens with one attached hydrogen (secondary N) is 3. The first-order chi connectivity index (χ1) is 26.5. The van der Waals surface area contributed by atoms with Crippen molar-refractivity contribution in [3.05, 3.63) is 117 Å². The molecule has 6 aromatic rings. The van der Waals surface area contributed by atoms with Gasteiger partial charge in [0.2, 0.25) is 0 Å². The first kappa shape index (κ1) is 52.9. The minimum absolute atomic E-state index is 0. The number of fused-ring (bicyclic) bond motifs is 2. The summed E-state index contributed by atoms with van der Waals surface area (Å²) in [5.74, 6) is -1.01. The van der Waals surface area contributed by atoms with Crippen LogP contribution in [0.4, 0.5) is 11.4 Å². The summed E-state index contributed by atoms with van der Waals surface area (Å²) in [5, 5.41) is 27.6. The molecule has 0 radical (unpaired) electrons. The number of alkyl halides is 1. The van der Waals surface area contributed by atoms with Gasteiger partial charge in [0.15, 0.2) is 11.4 Å². The van der Waals surface area contributed by atoms with Crippen molar-refractivity contribution >= 4 is 111 Å². The number of aryl methyl sites for hydroxylation is 1. The molecule has 2 amide bonds. The van der Waals surface area contributed by atoms with Crippen LogP contribution in [-0.2, 0) is 35.3 Å². The van der Waals surface area contributed by atoms with Crippen LogP contribution in [-0.4, -0.2) is 69.8 Å². The zero-order chi connectivity index (χ0) is 40.2. The largest absolute Gasteiger partial charge is 1.00 e. The molecular weight excluding hydrogens is 990 g/mol. The van der Waals surface area contributed by atoms with Crippen LogP contribution < -0.4 is 119 Å². The molecule has 3 N–H and O–H groups in total. The third kappa shape index (κ3) is 17.9. The second-order valence-corrected chi connectivity index (χ2v) is 13.3. The van der Waals surface area contributed by atoms with Gasteiger partial charge in [-0.15, -0.1) is 0 Å². The summed E-state index contributed by atoms with van der Waals surface area (Å²) in [6, 6.07) is 29.7. The first-order valence-electron chi connectivity index (χ1n) is 16.0. The van der Waals surface area contributed by atoms with E-state index in [0.717, 1.165) is 36.4 Å². The van der Waals surface area contributed by atoms with Gasteiger partial charge in [-0.05, 0) is 60.7 Å². The number of carbonyl (C=O) groups is 5. The predicted molar refractivity (Wildman–Crippen MR) is 215 cm³/mol. The van der Waals surface area contributed by atoms with Gasteiger partial charge in [0, 0.05) is 36.4 Å². The molecule has 0 aliphatic rings. The second kappa shape index (κ2) is 29.1. The summed E-state index contributed by atoms with van der Waals surface area (Å²) in [4.78, 5) is 57.6. The smallest absolute Gasteiger partial charge is 1.00 e. The Kier molecular flexibility index (Phi) is 27.0. The molecule has 0 atom stereocenters. The summed E-state index contributed by atoms with van der Waals surface area (Å²) in [6.45, 7) is 0.165. The maximum Gasteiger partial charge on any atom is 1.00 e. The molecule has 0 unspecified atom stereocenters. The third-order valence-electron chi connectivity index (χ3n) is 7.08. The number of halogens is 3. The Labute approximate surface area is 439 Å². The summed E-state index contributed by atoms with van der Waals surface area (Å²) in [6.07, 6.45) is 0.645. The van der Waals surface area contributed by atoms with E-state index in [1.54, 1.807) is 16.8 Å². The number of aromatic nitrogens is 4. The van der Waals surface area contributed by atoms with E-state index in [-0.39, 0.29) is 141 Å². The molecule has 0 aliphatic heterocycles. The quantitative estimate of drug-likeness (QED) is 0.0435. The fourth-order valence-corrected chi connectivity index (χ4v) is 5.38. The van der Waals surface area contributed by atoms with Gasteiger partial charge in [0.1, 0.15) is 0 Å². The summed E-state index contributed by atoms with van der Waals surface area (Å²) < 4.78 is 12.5. The van der Waals surface area contributed by atoms with Crippen LogP contribution in [0.15, 0.2) is 106 Å². The van der Waals surface area contributed by atoms with Crippen LogP contribution in [0.25, 0.3) is 21.8 Å². The Hall–Kier alpha value is -2.16. The van der Waals surface area contributed by atoms with Crippen LogP contribution in [0.2, 0.25) is 0 Å². The number of aromatic amines is 1. The van der Waals surface area contributed by atoms with Gasteiger partial charge in [0.05, 0.1) is 44.6 Å². The third-order valence-corrected chi connectivity index (χ3v) is 8.54. The van der Waals surface area contributed by atoms with Crippen molar-refractivity contribution in [2.24, 2.45) is 0 Å². The van der Waals surface area contributed by atoms with Crippen molar-refractivity contribution in [2.75, 3.05) is 30.2 Å². The number of hydrogen-bond acceptors (Lipinski definition) is 11. The first-order valence-corrected chi connectivity index (χ1v) is 18.7. The minimum Gasteiger partial charge on any atom is -1.00 e. The number of carbonyl (C=O) groups excluding carboxylic acids is 5. The monoisotopic (exact) mass is 1020 g/mol. The maximum absolute atomic E-state index is 12.6. The van der Waals surface area contributed by atoms with E-state index < -0.39 is 0 Å². The molecule has 0 saturated carbocycles. The van der Waals surface area contributed by atoms with Gasteiger partial charge in [-0.3, -0.25) is 33.8 Å². The fourth-order valence-electron chi connectivity index (χ4n) is 4.53. The molecule has 2 aromatic heterocycles. The normalized spacial score (nSPS) is 9.58. The Morgan fingerprint density at radius 3 is 1.72 bits per heavy atom. The van der Waals surface area contributed by atoms with Crippen LogP contribution >= 0.6 is 47.8 Å². The van der Waals surface area contributed by atoms with E-state index in [1.165, 1.54) is 14.2 Å². The molecule has 6 rings (SSSR count). The van der Waals surface area contributed by atoms with Crippen LogP contribution in [0.3, 0.4) is 0 Å². The van der Waals surface area contributed by atoms with Crippen LogP contribution in [0.1, 0.15) is 35.2 Å². The van der Waals surface area contributed by atoms with Gasteiger partial charge in [-0.1, -0.05) is 84.2 Å². The topological polar surface area (TPSA) is 207 Å². The average Bonchev–Trinajstić information content (AvgIpc) is 3.81. The number of methoxy groups -OCH3 is 2. The van der Waals surface area contributed by atoms with Gasteiger partial charge >= 0.3 is 115 Å². The molecule has 57 heavy (non-hydrogen) atoms. The molecule has 0 saturated heterocycles. The number of H-pyrrole nitrogens is 1. The van der Waals surface area contributed by atoms with Crippen LogP contribution in [0.5, 0.6) is 0 Å². The van der Waals surface area contributed by atoms with Gasteiger partial charge in [-0.2, -0.15) is 10.2 Å². The number of anilines is 2. The summed E-state index contributed by atoms with van der Waals surface area (Å²) in [7, 11) is 2.73. The van der Waals surface area contributed by atoms with Gasteiger partial charge in [0.25, 0.3) is 18.3 Å². The SMILES string of the molecule is COC(=O)CCBr.COC(=O)CCn1nc(C(=O)Nc2ccc(Br)cc2)c2ccccc21.O=C(Nc1ccc(Br)cc1)c1n[nH]c2ccccc12.O=CO[O-].[H-].[K+].[K+]. The summed E-state index contributed by atoms with van der Waals surface area (Å²) >= 11 is 9.80. The predicted octanol–water partition coefficient (Wildman–Crippen LogP) is 0.692. The number of hydrogen-bond donors (Lipinski definition) is 3. The molecule has 20 heteroatoms. The average molecular weight is 1030 g/mol. The van der Waals surface area contributed by atoms with Crippen molar-refractivity contribution in [3.8, 4) is 0 Å². The number of para-hydroxylation sites is 2. The van der Waals surface area contributed by atoms with Crippen molar-refractivity contribution in [2.45, 2.75) is 19.4 Å². The second-order valence-electron chi connectivity index (χ2n) is 10.7. The molecule has 0 spiro atoms. The van der Waals surface area contributed by atoms with Crippen molar-refractivity contribution in [1.29, 1.82) is 0 Å². The fraction of sp³-hybridized carbons (Fsp3) is 0.162. The number of esters is 2. The Morgan fingerprint density at radius 2 is 1.23 bits per heavy atom. The van der Waals surface area contributed by atoms with Crippen LogP contribution in [0, 0.1) is 0 Å². The maximum atomic E-state index is 12.6. The summed E-state index contributed by atoms with van der Waals surface area (Å²) in [5.41, 5.74) is 3.79. The van der Waals surface area contributed by atoms with Gasteiger partial charge < -0.3 is 31.7 Å². The van der Waals surface area contributed by atoms with E-state index in [2.05, 4.69) is 88.1 Å². The van der Waals surface area contributed by atoms with E-state index in [9.17, 15) is 19.2 Å². The number of ether oxygens (including phenoxy) is 2. The molecule has 290 valence electrons. The minimum atomic E-state index is -0.319. The zero-order valence-electron chi connectivity index (χ0n) is 32.3. The molecule has 4 aromatic carbocycles. The van der Waals surface area contributed by atoms with Crippen molar-refractivity contribution in [3.63, 3.8) is 0 Å². The van der Waals surface area contributed by atoms with E-state index >= 15 is 0 Å².